The van der Waals surface area contributed by atoms with Gasteiger partial charge in [-0.3, -0.25) is 9.59 Å². The van der Waals surface area contributed by atoms with E-state index in [1.54, 1.807) is 11.9 Å². The van der Waals surface area contributed by atoms with Gasteiger partial charge in [0, 0.05) is 37.2 Å². The molecule has 9 heteroatoms. The molecule has 0 radical (unpaired) electrons. The Hall–Kier alpha value is -2.52. The normalized spacial score (nSPS) is 15.9. The highest BCUT2D eigenvalue weighted by Crippen LogP contribution is 2.26. The molecule has 1 aromatic heterocycles. The minimum absolute atomic E-state index is 0.00198. The fraction of sp³-hybridized carbons (Fsp3) is 0.476. The van der Waals surface area contributed by atoms with Crippen LogP contribution in [0.3, 0.4) is 0 Å². The molecule has 1 aromatic carbocycles. The van der Waals surface area contributed by atoms with Crippen LogP contribution in [0.5, 0.6) is 0 Å². The number of hydrogen-bond donors (Lipinski definition) is 0. The van der Waals surface area contributed by atoms with Crippen molar-refractivity contribution in [1.29, 1.82) is 0 Å². The fourth-order valence-corrected chi connectivity index (χ4v) is 5.18. The number of ketones is 1. The summed E-state index contributed by atoms with van der Waals surface area (Å²) in [5.41, 5.74) is 2.14. The Balaban J connectivity index is 1.62. The number of amides is 1. The van der Waals surface area contributed by atoms with Crippen molar-refractivity contribution in [3.63, 3.8) is 0 Å². The van der Waals surface area contributed by atoms with Crippen LogP contribution in [-0.4, -0.2) is 54.6 Å². The summed E-state index contributed by atoms with van der Waals surface area (Å²) < 4.78 is 32.4. The summed E-state index contributed by atoms with van der Waals surface area (Å²) in [7, 11) is -1.91. The minimum atomic E-state index is -3.65. The van der Waals surface area contributed by atoms with Crippen molar-refractivity contribution < 1.29 is 22.5 Å². The van der Waals surface area contributed by atoms with Gasteiger partial charge in [0.25, 0.3) is 0 Å². The molecule has 0 saturated carbocycles. The Kier molecular flexibility index (Phi) is 6.42. The first-order chi connectivity index (χ1) is 14.1. The zero-order valence-electron chi connectivity index (χ0n) is 17.7. The summed E-state index contributed by atoms with van der Waals surface area (Å²) in [6.07, 6.45) is 0.936. The van der Waals surface area contributed by atoms with E-state index in [-0.39, 0.29) is 35.6 Å². The maximum atomic E-state index is 12.9. The molecule has 8 nitrogen and oxygen atoms in total. The fourth-order valence-electron chi connectivity index (χ4n) is 3.71. The van der Waals surface area contributed by atoms with Crippen molar-refractivity contribution in [2.24, 2.45) is 5.92 Å². The van der Waals surface area contributed by atoms with Gasteiger partial charge in [0.05, 0.1) is 17.1 Å². The second-order valence-corrected chi connectivity index (χ2v) is 9.69. The van der Waals surface area contributed by atoms with Crippen LogP contribution in [-0.2, 0) is 21.4 Å². The molecule has 162 valence electrons. The Morgan fingerprint density at radius 3 is 2.27 bits per heavy atom. The van der Waals surface area contributed by atoms with E-state index in [1.165, 1.54) is 35.5 Å². The van der Waals surface area contributed by atoms with Gasteiger partial charge >= 0.3 is 0 Å². The SMILES string of the molecule is CC(=O)c1ccc(S(=O)(=O)N2CCC(C(=O)N(C)Cc3c(C)noc3C)CC2)cc1. The van der Waals surface area contributed by atoms with Gasteiger partial charge in [-0.05, 0) is 45.7 Å². The first-order valence-corrected chi connectivity index (χ1v) is 11.3. The molecular formula is C21H27N3O5S. The van der Waals surface area contributed by atoms with Crippen LogP contribution in [0.15, 0.2) is 33.7 Å². The summed E-state index contributed by atoms with van der Waals surface area (Å²) in [5.74, 6) is 0.364. The third kappa shape index (κ3) is 4.46. The van der Waals surface area contributed by atoms with Crippen molar-refractivity contribution in [3.8, 4) is 0 Å². The second-order valence-electron chi connectivity index (χ2n) is 7.76. The average molecular weight is 434 g/mol. The van der Waals surface area contributed by atoms with Gasteiger partial charge in [0.15, 0.2) is 5.78 Å². The van der Waals surface area contributed by atoms with E-state index in [0.717, 1.165) is 11.3 Å². The predicted molar refractivity (Wildman–Crippen MR) is 110 cm³/mol. The molecule has 1 aliphatic heterocycles. The Morgan fingerprint density at radius 1 is 1.17 bits per heavy atom. The molecule has 3 rings (SSSR count). The predicted octanol–water partition coefficient (Wildman–Crippen LogP) is 2.55. The van der Waals surface area contributed by atoms with Gasteiger partial charge in [-0.2, -0.15) is 4.31 Å². The van der Waals surface area contributed by atoms with Crippen molar-refractivity contribution in [1.82, 2.24) is 14.4 Å². The smallest absolute Gasteiger partial charge is 0.243 e. The minimum Gasteiger partial charge on any atom is -0.361 e. The number of sulfonamides is 1. The second kappa shape index (κ2) is 8.69. The summed E-state index contributed by atoms with van der Waals surface area (Å²) in [5, 5.41) is 3.92. The van der Waals surface area contributed by atoms with Crippen LogP contribution >= 0.6 is 0 Å². The quantitative estimate of drug-likeness (QED) is 0.649. The van der Waals surface area contributed by atoms with Gasteiger partial charge in [-0.1, -0.05) is 17.3 Å². The molecule has 0 spiro atoms. The van der Waals surface area contributed by atoms with Gasteiger partial charge in [0.2, 0.25) is 15.9 Å². The topological polar surface area (TPSA) is 101 Å². The molecule has 0 N–H and O–H groups in total. The average Bonchev–Trinajstić information content (AvgIpc) is 3.05. The number of piperidine rings is 1. The van der Waals surface area contributed by atoms with Crippen molar-refractivity contribution in [3.05, 3.63) is 46.8 Å². The third-order valence-electron chi connectivity index (χ3n) is 5.65. The molecule has 1 saturated heterocycles. The monoisotopic (exact) mass is 433 g/mol. The molecular weight excluding hydrogens is 406 g/mol. The summed E-state index contributed by atoms with van der Waals surface area (Å²) in [4.78, 5) is 26.1. The number of hydrogen-bond acceptors (Lipinski definition) is 6. The molecule has 1 aliphatic rings. The lowest BCUT2D eigenvalue weighted by atomic mass is 9.96. The van der Waals surface area contributed by atoms with E-state index in [9.17, 15) is 18.0 Å². The zero-order chi connectivity index (χ0) is 22.1. The van der Waals surface area contributed by atoms with Gasteiger partial charge in [-0.15, -0.1) is 0 Å². The van der Waals surface area contributed by atoms with E-state index in [4.69, 9.17) is 4.52 Å². The molecule has 1 amide bonds. The molecule has 0 bridgehead atoms. The van der Waals surface area contributed by atoms with Crippen LogP contribution in [0.4, 0.5) is 0 Å². The number of rotatable bonds is 6. The lowest BCUT2D eigenvalue weighted by molar-refractivity contribution is -0.135. The first-order valence-electron chi connectivity index (χ1n) is 9.89. The van der Waals surface area contributed by atoms with E-state index >= 15 is 0 Å². The molecule has 1 fully saturated rings. The highest BCUT2D eigenvalue weighted by molar-refractivity contribution is 7.89. The van der Waals surface area contributed by atoms with Crippen molar-refractivity contribution in [2.75, 3.05) is 20.1 Å². The standard InChI is InChI=1S/C21H27N3O5S/c1-14-20(16(3)29-22-14)13-23(4)21(26)18-9-11-24(12-10-18)30(27,28)19-7-5-17(6-8-19)15(2)25/h5-8,18H,9-13H2,1-4H3. The Bertz CT molecular complexity index is 1020. The van der Waals surface area contributed by atoms with Crippen molar-refractivity contribution >= 4 is 21.7 Å². The van der Waals surface area contributed by atoms with E-state index < -0.39 is 10.0 Å². The number of aryl methyl sites for hydroxylation is 2. The summed E-state index contributed by atoms with van der Waals surface area (Å²) in [6, 6.07) is 5.96. The Labute approximate surface area is 176 Å². The van der Waals surface area contributed by atoms with Gasteiger partial charge < -0.3 is 9.42 Å². The number of benzene rings is 1. The zero-order valence-corrected chi connectivity index (χ0v) is 18.5. The summed E-state index contributed by atoms with van der Waals surface area (Å²) in [6.45, 7) is 6.09. The highest BCUT2D eigenvalue weighted by atomic mass is 32.2. The lowest BCUT2D eigenvalue weighted by Gasteiger charge is -2.32. The van der Waals surface area contributed by atoms with Crippen LogP contribution in [0, 0.1) is 19.8 Å². The van der Waals surface area contributed by atoms with Gasteiger partial charge in [0.1, 0.15) is 5.76 Å². The number of carbonyl (C=O) groups is 2. The Morgan fingerprint density at radius 2 is 1.77 bits per heavy atom. The first kappa shape index (κ1) is 22.2. The lowest BCUT2D eigenvalue weighted by Crippen LogP contribution is -2.43. The van der Waals surface area contributed by atoms with E-state index in [1.807, 2.05) is 13.8 Å². The van der Waals surface area contributed by atoms with Crippen LogP contribution in [0.1, 0.15) is 47.1 Å². The number of nitrogens with zero attached hydrogens (tertiary/aromatic N) is 3. The molecule has 0 unspecified atom stereocenters. The molecule has 2 heterocycles. The molecule has 30 heavy (non-hydrogen) atoms. The molecule has 2 aromatic rings. The van der Waals surface area contributed by atoms with E-state index in [0.29, 0.717) is 30.7 Å². The summed E-state index contributed by atoms with van der Waals surface area (Å²) >= 11 is 0. The highest BCUT2D eigenvalue weighted by Gasteiger charge is 2.33. The molecule has 0 atom stereocenters. The number of aromatic nitrogens is 1. The largest absolute Gasteiger partial charge is 0.361 e. The maximum absolute atomic E-state index is 12.9. The number of Topliss-reactive ketones (excluding diaryl/α,β-unsaturated/α-hetero) is 1. The van der Waals surface area contributed by atoms with Crippen LogP contribution in [0.25, 0.3) is 0 Å². The van der Waals surface area contributed by atoms with Crippen molar-refractivity contribution in [2.45, 2.75) is 45.1 Å². The van der Waals surface area contributed by atoms with Crippen LogP contribution < -0.4 is 0 Å². The molecule has 0 aliphatic carbocycles. The van der Waals surface area contributed by atoms with Gasteiger partial charge in [-0.25, -0.2) is 8.42 Å². The maximum Gasteiger partial charge on any atom is 0.243 e. The third-order valence-corrected chi connectivity index (χ3v) is 7.57. The number of carbonyl (C=O) groups excluding carboxylic acids is 2. The van der Waals surface area contributed by atoms with Crippen LogP contribution in [0.2, 0.25) is 0 Å². The van der Waals surface area contributed by atoms with E-state index in [2.05, 4.69) is 5.16 Å².